The van der Waals surface area contributed by atoms with E-state index in [1.54, 1.807) is 7.11 Å². The molecule has 0 radical (unpaired) electrons. The lowest BCUT2D eigenvalue weighted by Crippen LogP contribution is -2.35. The summed E-state index contributed by atoms with van der Waals surface area (Å²) in [7, 11) is 1.66. The van der Waals surface area contributed by atoms with Gasteiger partial charge >= 0.3 is 0 Å². The number of hydrazone groups is 1. The molecule has 1 amide bonds. The first-order valence-corrected chi connectivity index (χ1v) is 10.1. The van der Waals surface area contributed by atoms with Crippen LogP contribution in [-0.4, -0.2) is 36.8 Å². The number of hydrogen-bond acceptors (Lipinski definition) is 4. The lowest BCUT2D eigenvalue weighted by atomic mass is 10.1. The Morgan fingerprint density at radius 3 is 2.33 bits per heavy atom. The quantitative estimate of drug-likeness (QED) is 0.645. The minimum absolute atomic E-state index is 0.0650. The van der Waals surface area contributed by atoms with Gasteiger partial charge in [-0.25, -0.2) is 0 Å². The Kier molecular flexibility index (Phi) is 6.09. The molecule has 4 rings (SSSR count). The van der Waals surface area contributed by atoms with Crippen molar-refractivity contribution in [1.29, 1.82) is 0 Å². The first kappa shape index (κ1) is 19.7. The molecule has 1 heterocycles. The van der Waals surface area contributed by atoms with E-state index in [0.29, 0.717) is 12.1 Å². The summed E-state index contributed by atoms with van der Waals surface area (Å²) in [5.74, 6) is 0.723. The van der Waals surface area contributed by atoms with Crippen molar-refractivity contribution in [2.24, 2.45) is 5.10 Å². The van der Waals surface area contributed by atoms with Gasteiger partial charge in [-0.05, 0) is 35.4 Å². The molecule has 0 fully saturated rings. The van der Waals surface area contributed by atoms with Gasteiger partial charge in [-0.3, -0.25) is 9.80 Å². The number of nitrogens with zero attached hydrogens (tertiary/aromatic N) is 2. The van der Waals surface area contributed by atoms with E-state index in [9.17, 15) is 4.79 Å². The van der Waals surface area contributed by atoms with E-state index in [0.717, 1.165) is 35.6 Å². The Labute approximate surface area is 177 Å². The summed E-state index contributed by atoms with van der Waals surface area (Å²) in [6.45, 7) is 1.27. The summed E-state index contributed by atoms with van der Waals surface area (Å²) in [5, 5.41) is 10.1. The van der Waals surface area contributed by atoms with Gasteiger partial charge < -0.3 is 10.1 Å². The van der Waals surface area contributed by atoms with Crippen LogP contribution in [0.15, 0.2) is 90.0 Å². The van der Waals surface area contributed by atoms with Crippen molar-refractivity contribution in [3.8, 4) is 5.75 Å². The monoisotopic (exact) mass is 399 g/mol. The van der Waals surface area contributed by atoms with Gasteiger partial charge in [0.25, 0.3) is 5.91 Å². The van der Waals surface area contributed by atoms with Gasteiger partial charge in [0.15, 0.2) is 0 Å². The van der Waals surface area contributed by atoms with E-state index < -0.39 is 0 Å². The molecule has 0 aromatic heterocycles. The van der Waals surface area contributed by atoms with Crippen LogP contribution in [0.4, 0.5) is 0 Å². The van der Waals surface area contributed by atoms with Gasteiger partial charge in [0.05, 0.1) is 18.9 Å². The molecule has 1 aliphatic heterocycles. The van der Waals surface area contributed by atoms with E-state index in [2.05, 4.69) is 22.5 Å². The second kappa shape index (κ2) is 9.27. The number of benzene rings is 3. The fourth-order valence-corrected chi connectivity index (χ4v) is 3.64. The van der Waals surface area contributed by atoms with Gasteiger partial charge in [0.2, 0.25) is 0 Å². The first-order chi connectivity index (χ1) is 14.7. The van der Waals surface area contributed by atoms with Crippen molar-refractivity contribution in [2.75, 3.05) is 20.2 Å². The fourth-order valence-electron chi connectivity index (χ4n) is 3.64. The Balaban J connectivity index is 1.56. The number of amides is 1. The topological polar surface area (TPSA) is 53.9 Å². The van der Waals surface area contributed by atoms with Crippen LogP contribution < -0.4 is 10.1 Å². The summed E-state index contributed by atoms with van der Waals surface area (Å²) >= 11 is 0. The van der Waals surface area contributed by atoms with E-state index in [4.69, 9.17) is 9.84 Å². The Morgan fingerprint density at radius 1 is 1.00 bits per heavy atom. The second-order valence-electron chi connectivity index (χ2n) is 7.19. The van der Waals surface area contributed by atoms with E-state index in [1.165, 1.54) is 0 Å². The molecule has 0 bridgehead atoms. The Hall–Kier alpha value is -3.60. The first-order valence-electron chi connectivity index (χ1n) is 10.1. The molecule has 3 aromatic rings. The van der Waals surface area contributed by atoms with Crippen LogP contribution in [0.5, 0.6) is 5.75 Å². The van der Waals surface area contributed by atoms with Gasteiger partial charge in [0, 0.05) is 25.1 Å². The van der Waals surface area contributed by atoms with Gasteiger partial charge in [-0.15, -0.1) is 0 Å². The Bertz CT molecular complexity index is 1000. The molecule has 30 heavy (non-hydrogen) atoms. The molecule has 3 aromatic carbocycles. The third-order valence-electron chi connectivity index (χ3n) is 5.29. The SMILES string of the molecule is COc1ccc(C(CNC(=O)c2ccccc2)N2CCC(c3ccccc3)=N2)cc1. The van der Waals surface area contributed by atoms with Crippen LogP contribution in [0.1, 0.15) is 33.9 Å². The van der Waals surface area contributed by atoms with Crippen LogP contribution in [0.25, 0.3) is 0 Å². The van der Waals surface area contributed by atoms with Crippen molar-refractivity contribution >= 4 is 11.6 Å². The van der Waals surface area contributed by atoms with Crippen molar-refractivity contribution in [3.63, 3.8) is 0 Å². The maximum absolute atomic E-state index is 12.6. The highest BCUT2D eigenvalue weighted by Gasteiger charge is 2.25. The number of methoxy groups -OCH3 is 1. The van der Waals surface area contributed by atoms with Crippen LogP contribution in [0, 0.1) is 0 Å². The van der Waals surface area contributed by atoms with E-state index >= 15 is 0 Å². The van der Waals surface area contributed by atoms with Crippen molar-refractivity contribution < 1.29 is 9.53 Å². The van der Waals surface area contributed by atoms with Gasteiger partial charge in [-0.1, -0.05) is 60.7 Å². The molecule has 0 saturated heterocycles. The number of carbonyl (C=O) groups excluding carboxylic acids is 1. The summed E-state index contributed by atoms with van der Waals surface area (Å²) in [5.41, 5.74) is 3.95. The molecule has 0 spiro atoms. The zero-order valence-corrected chi connectivity index (χ0v) is 17.0. The lowest BCUT2D eigenvalue weighted by molar-refractivity contribution is 0.0936. The number of hydrogen-bond donors (Lipinski definition) is 1. The number of ether oxygens (including phenoxy) is 1. The summed E-state index contributed by atoms with van der Waals surface area (Å²) in [4.78, 5) is 12.6. The predicted molar refractivity (Wildman–Crippen MR) is 119 cm³/mol. The van der Waals surface area contributed by atoms with Crippen LogP contribution in [0.2, 0.25) is 0 Å². The average molecular weight is 399 g/mol. The summed E-state index contributed by atoms with van der Waals surface area (Å²) < 4.78 is 5.29. The molecule has 1 unspecified atom stereocenters. The maximum Gasteiger partial charge on any atom is 0.251 e. The van der Waals surface area contributed by atoms with E-state index in [1.807, 2.05) is 72.8 Å². The van der Waals surface area contributed by atoms with Crippen molar-refractivity contribution in [2.45, 2.75) is 12.5 Å². The van der Waals surface area contributed by atoms with Crippen LogP contribution >= 0.6 is 0 Å². The molecular weight excluding hydrogens is 374 g/mol. The van der Waals surface area contributed by atoms with Crippen LogP contribution in [-0.2, 0) is 0 Å². The largest absolute Gasteiger partial charge is 0.497 e. The minimum Gasteiger partial charge on any atom is -0.497 e. The molecular formula is C25H25N3O2. The van der Waals surface area contributed by atoms with E-state index in [-0.39, 0.29) is 11.9 Å². The zero-order valence-electron chi connectivity index (χ0n) is 17.0. The normalized spacial score (nSPS) is 14.2. The molecule has 0 saturated carbocycles. The smallest absolute Gasteiger partial charge is 0.251 e. The molecule has 1 atom stereocenters. The van der Waals surface area contributed by atoms with Crippen molar-refractivity contribution in [3.05, 3.63) is 102 Å². The van der Waals surface area contributed by atoms with Crippen molar-refractivity contribution in [1.82, 2.24) is 10.3 Å². The minimum atomic E-state index is -0.0828. The highest BCUT2D eigenvalue weighted by molar-refractivity contribution is 6.01. The number of nitrogens with one attached hydrogen (secondary N) is 1. The molecule has 152 valence electrons. The standard InChI is InChI=1S/C25H25N3O2/c1-30-22-14-12-20(13-15-22)24(18-26-25(29)21-10-6-3-7-11-21)28-17-16-23(27-28)19-8-4-2-5-9-19/h2-15,24H,16-18H2,1H3,(H,26,29). The van der Waals surface area contributed by atoms with Crippen LogP contribution in [0.3, 0.4) is 0 Å². The number of carbonyl (C=O) groups is 1. The third-order valence-corrected chi connectivity index (χ3v) is 5.29. The van der Waals surface area contributed by atoms with Gasteiger partial charge in [0.1, 0.15) is 5.75 Å². The maximum atomic E-state index is 12.6. The second-order valence-corrected chi connectivity index (χ2v) is 7.19. The molecule has 1 aliphatic rings. The van der Waals surface area contributed by atoms with Gasteiger partial charge in [-0.2, -0.15) is 5.10 Å². The Morgan fingerprint density at radius 2 is 1.67 bits per heavy atom. The predicted octanol–water partition coefficient (Wildman–Crippen LogP) is 4.28. The summed E-state index contributed by atoms with van der Waals surface area (Å²) in [6.07, 6.45) is 0.878. The molecule has 1 N–H and O–H groups in total. The number of rotatable bonds is 7. The third kappa shape index (κ3) is 4.51. The highest BCUT2D eigenvalue weighted by Crippen LogP contribution is 2.27. The fraction of sp³-hybridized carbons (Fsp3) is 0.200. The highest BCUT2D eigenvalue weighted by atomic mass is 16.5. The zero-order chi connectivity index (χ0) is 20.8. The molecule has 5 heteroatoms. The average Bonchev–Trinajstić information content (AvgIpc) is 3.30. The lowest BCUT2D eigenvalue weighted by Gasteiger charge is -2.27. The molecule has 0 aliphatic carbocycles. The summed E-state index contributed by atoms with van der Waals surface area (Å²) in [6, 6.07) is 27.4. The molecule has 5 nitrogen and oxygen atoms in total.